The normalized spacial score (nSPS) is 13.4. The molecule has 1 heterocycles. The maximum Gasteiger partial charge on any atom is 0.371 e. The molecule has 182 valence electrons. The van der Waals surface area contributed by atoms with Crippen molar-refractivity contribution in [2.24, 2.45) is 16.9 Å². The van der Waals surface area contributed by atoms with Crippen LogP contribution in [-0.2, 0) is 17.6 Å². The molecule has 3 aromatic rings. The van der Waals surface area contributed by atoms with Gasteiger partial charge in [-0.1, -0.05) is 26.0 Å². The number of para-hydroxylation sites is 1. The van der Waals surface area contributed by atoms with E-state index in [0.29, 0.717) is 5.69 Å². The Morgan fingerprint density at radius 3 is 2.51 bits per heavy atom. The van der Waals surface area contributed by atoms with Crippen LogP contribution in [0.15, 0.2) is 58.0 Å². The van der Waals surface area contributed by atoms with Crippen LogP contribution < -0.4 is 16.3 Å². The SMILES string of the molecule is CC(C)/C(=N/Nc1cccc(-c2ccc(C(=O)O)o2)c1O)C(=O)N(N)c1ccc2c(c1)CCCC2. The van der Waals surface area contributed by atoms with Gasteiger partial charge in [0.1, 0.15) is 11.5 Å². The first kappa shape index (κ1) is 24.0. The zero-order valence-electron chi connectivity index (χ0n) is 19.6. The minimum Gasteiger partial charge on any atom is -0.505 e. The summed E-state index contributed by atoms with van der Waals surface area (Å²) in [6, 6.07) is 13.4. The Morgan fingerprint density at radius 2 is 1.83 bits per heavy atom. The standard InChI is InChI=1S/C26H28N4O5/c1-15(2)23(25(32)30(27)18-11-10-16-6-3-4-7-17(16)14-18)29-28-20-9-5-8-19(24(20)31)21-12-13-22(35-21)26(33)34/h5,8-15,28,31H,3-4,6-7,27H2,1-2H3,(H,33,34)/b29-23-. The monoisotopic (exact) mass is 476 g/mol. The predicted molar refractivity (Wildman–Crippen MR) is 133 cm³/mol. The maximum absolute atomic E-state index is 13.2. The van der Waals surface area contributed by atoms with E-state index >= 15 is 0 Å². The van der Waals surface area contributed by atoms with Crippen molar-refractivity contribution in [1.82, 2.24) is 0 Å². The molecule has 0 fully saturated rings. The molecule has 5 N–H and O–H groups in total. The molecule has 1 aliphatic rings. The summed E-state index contributed by atoms with van der Waals surface area (Å²) in [5, 5.41) is 25.2. The van der Waals surface area contributed by atoms with E-state index in [-0.39, 0.29) is 40.2 Å². The van der Waals surface area contributed by atoms with Gasteiger partial charge in [0.15, 0.2) is 5.75 Å². The number of carbonyl (C=O) groups excluding carboxylic acids is 1. The first-order valence-corrected chi connectivity index (χ1v) is 11.5. The lowest BCUT2D eigenvalue weighted by Gasteiger charge is -2.22. The Balaban J connectivity index is 1.57. The number of carboxylic acid groups (broad SMARTS) is 1. The number of nitrogens with zero attached hydrogens (tertiary/aromatic N) is 2. The molecule has 9 nitrogen and oxygen atoms in total. The number of hydrogen-bond donors (Lipinski definition) is 4. The summed E-state index contributed by atoms with van der Waals surface area (Å²) in [5.74, 6) is 4.02. The molecule has 0 saturated carbocycles. The number of aryl methyl sites for hydroxylation is 2. The van der Waals surface area contributed by atoms with Crippen molar-refractivity contribution in [3.8, 4) is 17.1 Å². The number of anilines is 2. The Bertz CT molecular complexity index is 1290. The van der Waals surface area contributed by atoms with E-state index in [9.17, 15) is 14.7 Å². The molecule has 35 heavy (non-hydrogen) atoms. The molecule has 1 aliphatic carbocycles. The fourth-order valence-electron chi connectivity index (χ4n) is 4.08. The van der Waals surface area contributed by atoms with Crippen LogP contribution in [0, 0.1) is 5.92 Å². The van der Waals surface area contributed by atoms with Gasteiger partial charge in [0.25, 0.3) is 5.91 Å². The average Bonchev–Trinajstić information content (AvgIpc) is 3.34. The van der Waals surface area contributed by atoms with Crippen LogP contribution in [-0.4, -0.2) is 27.8 Å². The number of phenolic OH excluding ortho intramolecular Hbond substituents is 1. The number of hydrazine groups is 1. The zero-order chi connectivity index (χ0) is 25.1. The molecule has 0 atom stereocenters. The highest BCUT2D eigenvalue weighted by Gasteiger charge is 2.23. The van der Waals surface area contributed by atoms with E-state index in [1.165, 1.54) is 29.7 Å². The van der Waals surface area contributed by atoms with Crippen molar-refractivity contribution in [1.29, 1.82) is 0 Å². The third-order valence-corrected chi connectivity index (χ3v) is 6.01. The van der Waals surface area contributed by atoms with Gasteiger partial charge in [-0.15, -0.1) is 0 Å². The van der Waals surface area contributed by atoms with Gasteiger partial charge >= 0.3 is 5.97 Å². The molecule has 2 aromatic carbocycles. The molecular formula is C26H28N4O5. The topological polar surface area (TPSA) is 141 Å². The van der Waals surface area contributed by atoms with Gasteiger partial charge in [0, 0.05) is 5.92 Å². The van der Waals surface area contributed by atoms with E-state index in [2.05, 4.69) is 10.5 Å². The second kappa shape index (κ2) is 10.0. The minimum absolute atomic E-state index is 0.182. The average molecular weight is 477 g/mol. The van der Waals surface area contributed by atoms with Crippen LogP contribution in [0.3, 0.4) is 0 Å². The van der Waals surface area contributed by atoms with E-state index < -0.39 is 11.9 Å². The second-order valence-corrected chi connectivity index (χ2v) is 8.77. The largest absolute Gasteiger partial charge is 0.505 e. The number of furan rings is 1. The number of carbonyl (C=O) groups is 2. The lowest BCUT2D eigenvalue weighted by atomic mass is 9.91. The number of nitrogens with two attached hydrogens (primary N) is 1. The van der Waals surface area contributed by atoms with Crippen LogP contribution in [0.2, 0.25) is 0 Å². The molecule has 1 aromatic heterocycles. The maximum atomic E-state index is 13.2. The van der Waals surface area contributed by atoms with Crippen molar-refractivity contribution < 1.29 is 24.2 Å². The number of hydrazone groups is 1. The van der Waals surface area contributed by atoms with Gasteiger partial charge in [-0.05, 0) is 73.2 Å². The zero-order valence-corrected chi connectivity index (χ0v) is 19.6. The highest BCUT2D eigenvalue weighted by atomic mass is 16.4. The molecule has 0 radical (unpaired) electrons. The summed E-state index contributed by atoms with van der Waals surface area (Å²) in [5.41, 5.74) is 6.54. The lowest BCUT2D eigenvalue weighted by Crippen LogP contribution is -2.44. The van der Waals surface area contributed by atoms with Gasteiger partial charge in [-0.2, -0.15) is 5.10 Å². The Kier molecular flexibility index (Phi) is 6.88. The summed E-state index contributed by atoms with van der Waals surface area (Å²) in [4.78, 5) is 24.3. The van der Waals surface area contributed by atoms with E-state index in [1.54, 1.807) is 18.2 Å². The fourth-order valence-corrected chi connectivity index (χ4v) is 4.08. The number of aromatic hydroxyl groups is 1. The van der Waals surface area contributed by atoms with Crippen LogP contribution >= 0.6 is 0 Å². The number of amides is 1. The first-order valence-electron chi connectivity index (χ1n) is 11.5. The number of hydrogen-bond acceptors (Lipinski definition) is 7. The summed E-state index contributed by atoms with van der Waals surface area (Å²) in [6.07, 6.45) is 4.30. The summed E-state index contributed by atoms with van der Waals surface area (Å²) < 4.78 is 5.29. The van der Waals surface area contributed by atoms with Crippen molar-refractivity contribution in [3.05, 3.63) is 65.4 Å². The molecule has 0 saturated heterocycles. The number of nitrogens with one attached hydrogen (secondary N) is 1. The lowest BCUT2D eigenvalue weighted by molar-refractivity contribution is -0.112. The number of carboxylic acids is 1. The summed E-state index contributed by atoms with van der Waals surface area (Å²) in [6.45, 7) is 3.65. The first-order chi connectivity index (χ1) is 16.8. The molecule has 0 bridgehead atoms. The molecule has 1 amide bonds. The molecule has 0 aliphatic heterocycles. The van der Waals surface area contributed by atoms with Crippen molar-refractivity contribution in [2.45, 2.75) is 39.5 Å². The van der Waals surface area contributed by atoms with Gasteiger partial charge in [-0.25, -0.2) is 15.6 Å². The van der Waals surface area contributed by atoms with Crippen LogP contribution in [0.4, 0.5) is 11.4 Å². The summed E-state index contributed by atoms with van der Waals surface area (Å²) in [7, 11) is 0. The summed E-state index contributed by atoms with van der Waals surface area (Å²) >= 11 is 0. The van der Waals surface area contributed by atoms with Crippen LogP contribution in [0.25, 0.3) is 11.3 Å². The van der Waals surface area contributed by atoms with Gasteiger partial charge in [0.2, 0.25) is 5.76 Å². The number of rotatable bonds is 7. The van der Waals surface area contributed by atoms with Crippen LogP contribution in [0.5, 0.6) is 5.75 Å². The molecule has 0 spiro atoms. The third-order valence-electron chi connectivity index (χ3n) is 6.01. The Hall–Kier alpha value is -4.11. The van der Waals surface area contributed by atoms with E-state index in [4.69, 9.17) is 15.4 Å². The number of phenols is 1. The van der Waals surface area contributed by atoms with Gasteiger partial charge in [-0.3, -0.25) is 10.2 Å². The van der Waals surface area contributed by atoms with Crippen molar-refractivity contribution >= 4 is 29.0 Å². The molecule has 9 heteroatoms. The van der Waals surface area contributed by atoms with E-state index in [1.807, 2.05) is 32.0 Å². The fraction of sp³-hybridized carbons (Fsp3) is 0.269. The number of fused-ring (bicyclic) bond motifs is 1. The molecule has 0 unspecified atom stereocenters. The van der Waals surface area contributed by atoms with Crippen molar-refractivity contribution in [2.75, 3.05) is 10.4 Å². The highest BCUT2D eigenvalue weighted by molar-refractivity contribution is 6.44. The minimum atomic E-state index is -1.21. The smallest absolute Gasteiger partial charge is 0.371 e. The van der Waals surface area contributed by atoms with Gasteiger partial charge in [0.05, 0.1) is 16.9 Å². The third kappa shape index (κ3) is 5.04. The highest BCUT2D eigenvalue weighted by Crippen LogP contribution is 2.36. The quantitative estimate of drug-likeness (QED) is 0.129. The number of aromatic carboxylic acids is 1. The van der Waals surface area contributed by atoms with Gasteiger partial charge < -0.3 is 14.6 Å². The Labute approximate surface area is 202 Å². The van der Waals surface area contributed by atoms with Crippen LogP contribution in [0.1, 0.15) is 48.4 Å². The molecule has 4 rings (SSSR count). The number of benzene rings is 2. The van der Waals surface area contributed by atoms with Crippen molar-refractivity contribution in [3.63, 3.8) is 0 Å². The predicted octanol–water partition coefficient (Wildman–Crippen LogP) is 4.56. The molecular weight excluding hydrogens is 448 g/mol. The Morgan fingerprint density at radius 1 is 1.09 bits per heavy atom. The van der Waals surface area contributed by atoms with E-state index in [0.717, 1.165) is 24.3 Å². The second-order valence-electron chi connectivity index (χ2n) is 8.77.